The van der Waals surface area contributed by atoms with Gasteiger partial charge >= 0.3 is 0 Å². The number of benzene rings is 1. The second-order valence-corrected chi connectivity index (χ2v) is 7.76. The molecule has 1 aromatic carbocycles. The van der Waals surface area contributed by atoms with Crippen LogP contribution in [-0.2, 0) is 0 Å². The molecule has 154 valence electrons. The third-order valence-electron chi connectivity index (χ3n) is 5.25. The van der Waals surface area contributed by atoms with Crippen molar-refractivity contribution >= 4 is 28.5 Å². The number of rotatable bonds is 5. The van der Waals surface area contributed by atoms with E-state index >= 15 is 0 Å². The first-order valence-electron chi connectivity index (χ1n) is 9.83. The number of fused-ring (bicyclic) bond motifs is 1. The third kappa shape index (κ3) is 3.54. The zero-order chi connectivity index (χ0) is 20.7. The van der Waals surface area contributed by atoms with Gasteiger partial charge in [-0.15, -0.1) is 0 Å². The standard InChI is InChI=1S/C21H20ClN5O3/c1-12(17-11-18(28)26-30-17)29-21-23-16-10-15(22)19(24-20(16)25-21)13-4-6-14(7-5-13)27-8-2-3-9-27/h4-7,10-12H,2-3,8-9H2,1H3,(H,26,28)(H,23,24,25)/t12-/m0/s1. The zero-order valence-corrected chi connectivity index (χ0v) is 17.1. The Kier molecular flexibility index (Phi) is 4.71. The molecule has 3 aromatic heterocycles. The molecule has 1 aliphatic heterocycles. The molecular formula is C21H20ClN5O3. The summed E-state index contributed by atoms with van der Waals surface area (Å²) in [5.41, 5.74) is 3.65. The summed E-state index contributed by atoms with van der Waals surface area (Å²) in [7, 11) is 0. The van der Waals surface area contributed by atoms with Crippen molar-refractivity contribution in [2.75, 3.05) is 18.0 Å². The maximum atomic E-state index is 11.2. The van der Waals surface area contributed by atoms with Crippen molar-refractivity contribution < 1.29 is 9.26 Å². The molecule has 0 radical (unpaired) electrons. The number of anilines is 1. The van der Waals surface area contributed by atoms with Gasteiger partial charge in [0.25, 0.3) is 11.6 Å². The molecule has 1 aliphatic rings. The zero-order valence-electron chi connectivity index (χ0n) is 16.3. The third-order valence-corrected chi connectivity index (χ3v) is 5.54. The maximum Gasteiger partial charge on any atom is 0.296 e. The Labute approximate surface area is 176 Å². The highest BCUT2D eigenvalue weighted by Gasteiger charge is 2.17. The Morgan fingerprint density at radius 3 is 2.63 bits per heavy atom. The number of nitrogens with one attached hydrogen (secondary N) is 2. The van der Waals surface area contributed by atoms with Gasteiger partial charge in [0.2, 0.25) is 0 Å². The first kappa shape index (κ1) is 18.7. The predicted molar refractivity (Wildman–Crippen MR) is 114 cm³/mol. The van der Waals surface area contributed by atoms with Crippen molar-refractivity contribution in [1.29, 1.82) is 0 Å². The fourth-order valence-corrected chi connectivity index (χ4v) is 3.94. The molecular weight excluding hydrogens is 406 g/mol. The van der Waals surface area contributed by atoms with Gasteiger partial charge in [-0.05, 0) is 38.0 Å². The summed E-state index contributed by atoms with van der Waals surface area (Å²) < 4.78 is 10.8. The van der Waals surface area contributed by atoms with Crippen LogP contribution in [0.4, 0.5) is 5.69 Å². The maximum absolute atomic E-state index is 11.2. The molecule has 8 nitrogen and oxygen atoms in total. The fourth-order valence-electron chi connectivity index (χ4n) is 3.68. The van der Waals surface area contributed by atoms with E-state index in [2.05, 4.69) is 37.1 Å². The average Bonchev–Trinajstić information content (AvgIpc) is 3.48. The number of ether oxygens (including phenoxy) is 1. The molecule has 5 rings (SSSR count). The molecule has 0 saturated carbocycles. The van der Waals surface area contributed by atoms with Gasteiger partial charge in [-0.2, -0.15) is 10.1 Å². The lowest BCUT2D eigenvalue weighted by Gasteiger charge is -2.17. The van der Waals surface area contributed by atoms with Crippen molar-refractivity contribution in [3.63, 3.8) is 0 Å². The number of aromatic amines is 2. The van der Waals surface area contributed by atoms with Crippen LogP contribution in [0.15, 0.2) is 45.7 Å². The van der Waals surface area contributed by atoms with Gasteiger partial charge in [0.15, 0.2) is 17.5 Å². The van der Waals surface area contributed by atoms with Crippen molar-refractivity contribution in [2.24, 2.45) is 0 Å². The fraction of sp³-hybridized carbons (Fsp3) is 0.286. The van der Waals surface area contributed by atoms with E-state index < -0.39 is 6.10 Å². The van der Waals surface area contributed by atoms with Crippen molar-refractivity contribution in [2.45, 2.75) is 25.9 Å². The molecule has 2 N–H and O–H groups in total. The molecule has 4 heterocycles. The number of halogens is 1. The minimum atomic E-state index is -0.502. The number of hydrogen-bond donors (Lipinski definition) is 2. The van der Waals surface area contributed by atoms with E-state index in [0.29, 0.717) is 27.6 Å². The minimum Gasteiger partial charge on any atom is -0.453 e. The van der Waals surface area contributed by atoms with E-state index in [1.54, 1.807) is 13.0 Å². The molecule has 1 atom stereocenters. The van der Waals surface area contributed by atoms with Gasteiger partial charge in [0.1, 0.15) is 0 Å². The van der Waals surface area contributed by atoms with Crippen LogP contribution in [0.3, 0.4) is 0 Å². The van der Waals surface area contributed by atoms with Crippen molar-refractivity contribution in [3.8, 4) is 17.3 Å². The van der Waals surface area contributed by atoms with Crippen molar-refractivity contribution in [1.82, 2.24) is 20.1 Å². The second-order valence-electron chi connectivity index (χ2n) is 7.35. The van der Waals surface area contributed by atoms with Gasteiger partial charge in [-0.1, -0.05) is 23.7 Å². The number of hydrogen-bond acceptors (Lipinski definition) is 6. The Balaban J connectivity index is 1.41. The first-order valence-corrected chi connectivity index (χ1v) is 10.2. The lowest BCUT2D eigenvalue weighted by Crippen LogP contribution is -2.17. The highest BCUT2D eigenvalue weighted by Crippen LogP contribution is 2.31. The summed E-state index contributed by atoms with van der Waals surface area (Å²) in [6.07, 6.45) is 1.98. The number of aromatic nitrogens is 4. The Hall–Kier alpha value is -3.26. The van der Waals surface area contributed by atoms with Crippen LogP contribution in [0.2, 0.25) is 5.02 Å². The summed E-state index contributed by atoms with van der Waals surface area (Å²) in [4.78, 5) is 25.7. The van der Waals surface area contributed by atoms with E-state index in [1.165, 1.54) is 24.6 Å². The summed E-state index contributed by atoms with van der Waals surface area (Å²) in [6.45, 7) is 3.96. The Bertz CT molecular complexity index is 1240. The van der Waals surface area contributed by atoms with E-state index in [1.807, 2.05) is 12.1 Å². The number of imidazole rings is 1. The smallest absolute Gasteiger partial charge is 0.296 e. The summed E-state index contributed by atoms with van der Waals surface area (Å²) in [5, 5.41) is 2.77. The van der Waals surface area contributed by atoms with Crippen LogP contribution < -0.4 is 15.2 Å². The molecule has 0 bridgehead atoms. The Morgan fingerprint density at radius 1 is 1.17 bits per heavy atom. The highest BCUT2D eigenvalue weighted by molar-refractivity contribution is 6.33. The topological polar surface area (TPSA) is 100 Å². The quantitative estimate of drug-likeness (QED) is 0.494. The molecule has 0 unspecified atom stereocenters. The SMILES string of the molecule is C[C@H](Oc1nc2nc(-c3ccc(N4CCCC4)cc3)c(Cl)cc2[nH]1)c1cc(=O)[nH]o1. The second kappa shape index (κ2) is 7.53. The van der Waals surface area contributed by atoms with Crippen LogP contribution in [0.25, 0.3) is 22.4 Å². The van der Waals surface area contributed by atoms with Crippen molar-refractivity contribution in [3.05, 3.63) is 57.5 Å². The summed E-state index contributed by atoms with van der Waals surface area (Å²) >= 11 is 6.50. The average molecular weight is 426 g/mol. The lowest BCUT2D eigenvalue weighted by atomic mass is 10.1. The van der Waals surface area contributed by atoms with Crippen LogP contribution in [0.1, 0.15) is 31.6 Å². The van der Waals surface area contributed by atoms with Crippen LogP contribution >= 0.6 is 11.6 Å². The lowest BCUT2D eigenvalue weighted by molar-refractivity contribution is 0.169. The number of H-pyrrole nitrogens is 2. The molecule has 1 saturated heterocycles. The van der Waals surface area contributed by atoms with E-state index in [-0.39, 0.29) is 11.6 Å². The van der Waals surface area contributed by atoms with E-state index in [9.17, 15) is 4.79 Å². The molecule has 0 spiro atoms. The first-order chi connectivity index (χ1) is 14.6. The molecule has 9 heteroatoms. The van der Waals surface area contributed by atoms with Gasteiger partial charge in [-0.25, -0.2) is 4.98 Å². The molecule has 1 fully saturated rings. The summed E-state index contributed by atoms with van der Waals surface area (Å²) in [6, 6.07) is 11.7. The van der Waals surface area contributed by atoms with Gasteiger partial charge < -0.3 is 19.1 Å². The number of nitrogens with zero attached hydrogens (tertiary/aromatic N) is 3. The molecule has 0 aliphatic carbocycles. The van der Waals surface area contributed by atoms with Crippen LogP contribution in [-0.4, -0.2) is 33.2 Å². The van der Waals surface area contributed by atoms with Crippen LogP contribution in [0, 0.1) is 0 Å². The minimum absolute atomic E-state index is 0.270. The number of pyridine rings is 1. The molecule has 0 amide bonds. The largest absolute Gasteiger partial charge is 0.453 e. The van der Waals surface area contributed by atoms with E-state index in [0.717, 1.165) is 18.7 Å². The van der Waals surface area contributed by atoms with E-state index in [4.69, 9.17) is 20.9 Å². The van der Waals surface area contributed by atoms with Gasteiger partial charge in [0.05, 0.1) is 22.3 Å². The Morgan fingerprint density at radius 2 is 1.93 bits per heavy atom. The predicted octanol–water partition coefficient (Wildman–Crippen LogP) is 4.30. The molecule has 30 heavy (non-hydrogen) atoms. The highest BCUT2D eigenvalue weighted by atomic mass is 35.5. The van der Waals surface area contributed by atoms with Crippen LogP contribution in [0.5, 0.6) is 6.01 Å². The van der Waals surface area contributed by atoms with Gasteiger partial charge in [-0.3, -0.25) is 4.79 Å². The van der Waals surface area contributed by atoms with Gasteiger partial charge in [0, 0.05) is 24.3 Å². The monoisotopic (exact) mass is 425 g/mol. The summed E-state index contributed by atoms with van der Waals surface area (Å²) in [5.74, 6) is 0.380. The molecule has 4 aromatic rings. The normalized spacial score (nSPS) is 15.1.